The van der Waals surface area contributed by atoms with Gasteiger partial charge in [-0.15, -0.1) is 0 Å². The van der Waals surface area contributed by atoms with Crippen molar-refractivity contribution < 1.29 is 4.74 Å². The van der Waals surface area contributed by atoms with E-state index >= 15 is 0 Å². The van der Waals surface area contributed by atoms with Crippen molar-refractivity contribution in [1.82, 2.24) is 14.9 Å². The van der Waals surface area contributed by atoms with Gasteiger partial charge < -0.3 is 4.74 Å². The summed E-state index contributed by atoms with van der Waals surface area (Å²) in [6.45, 7) is 2.36. The normalized spacial score (nSPS) is 24.9. The topological polar surface area (TPSA) is 38.2 Å². The van der Waals surface area contributed by atoms with Crippen molar-refractivity contribution in [2.75, 3.05) is 31.7 Å². The van der Waals surface area contributed by atoms with Crippen LogP contribution in [-0.4, -0.2) is 46.6 Å². The zero-order chi connectivity index (χ0) is 12.5. The molecular formula is C12H16ClN3OS. The first-order valence-corrected chi connectivity index (χ1v) is 7.70. The second kappa shape index (κ2) is 5.33. The van der Waals surface area contributed by atoms with E-state index in [-0.39, 0.29) is 6.04 Å². The molecule has 2 aliphatic heterocycles. The fourth-order valence-electron chi connectivity index (χ4n) is 2.32. The van der Waals surface area contributed by atoms with Gasteiger partial charge in [-0.25, -0.2) is 9.97 Å². The molecule has 1 aromatic heterocycles. The van der Waals surface area contributed by atoms with E-state index < -0.39 is 0 Å². The largest absolute Gasteiger partial charge is 0.376 e. The number of hydrogen-bond acceptors (Lipinski definition) is 5. The van der Waals surface area contributed by atoms with Crippen molar-refractivity contribution in [3.63, 3.8) is 0 Å². The molecule has 6 heteroatoms. The average Bonchev–Trinajstić information content (AvgIpc) is 2.39. The highest BCUT2D eigenvalue weighted by Crippen LogP contribution is 2.29. The lowest BCUT2D eigenvalue weighted by Gasteiger charge is -2.31. The van der Waals surface area contributed by atoms with Crippen LogP contribution >= 0.6 is 23.4 Å². The van der Waals surface area contributed by atoms with Crippen LogP contribution in [0, 0.1) is 0 Å². The van der Waals surface area contributed by atoms with Gasteiger partial charge in [0.05, 0.1) is 24.9 Å². The molecule has 1 aromatic rings. The van der Waals surface area contributed by atoms with Crippen LogP contribution in [0.5, 0.6) is 0 Å². The first kappa shape index (κ1) is 12.7. The molecule has 4 nitrogen and oxygen atoms in total. The Balaban J connectivity index is 1.94. The lowest BCUT2D eigenvalue weighted by atomic mass is 10.1. The van der Waals surface area contributed by atoms with Crippen molar-refractivity contribution >= 4 is 23.4 Å². The molecule has 3 rings (SSSR count). The molecule has 1 unspecified atom stereocenters. The molecule has 3 heterocycles. The molecular weight excluding hydrogens is 270 g/mol. The van der Waals surface area contributed by atoms with E-state index in [1.165, 1.54) is 5.75 Å². The molecule has 18 heavy (non-hydrogen) atoms. The summed E-state index contributed by atoms with van der Waals surface area (Å²) in [5, 5.41) is 0.568. The first-order valence-electron chi connectivity index (χ1n) is 6.16. The summed E-state index contributed by atoms with van der Waals surface area (Å²) in [5.74, 6) is 3.09. The minimum absolute atomic E-state index is 0.286. The van der Waals surface area contributed by atoms with Crippen LogP contribution in [0.3, 0.4) is 0 Å². The quantitative estimate of drug-likeness (QED) is 0.737. The third-order valence-corrected chi connectivity index (χ3v) is 4.82. The SMILES string of the molecule is CN1CCSCC1c1nc(Cl)c2c(n1)CCOC2. The average molecular weight is 286 g/mol. The third kappa shape index (κ3) is 2.37. The van der Waals surface area contributed by atoms with Gasteiger partial charge in [-0.2, -0.15) is 11.8 Å². The Morgan fingerprint density at radius 3 is 3.17 bits per heavy atom. The maximum Gasteiger partial charge on any atom is 0.148 e. The highest BCUT2D eigenvalue weighted by atomic mass is 35.5. The number of thioether (sulfide) groups is 1. The first-order chi connectivity index (χ1) is 8.75. The molecule has 98 valence electrons. The third-order valence-electron chi connectivity index (χ3n) is 3.48. The fraction of sp³-hybridized carbons (Fsp3) is 0.667. The van der Waals surface area contributed by atoms with Crippen molar-refractivity contribution in [3.05, 3.63) is 22.2 Å². The number of nitrogens with zero attached hydrogens (tertiary/aromatic N) is 3. The minimum Gasteiger partial charge on any atom is -0.376 e. The number of hydrogen-bond donors (Lipinski definition) is 0. The number of aromatic nitrogens is 2. The van der Waals surface area contributed by atoms with Crippen molar-refractivity contribution in [1.29, 1.82) is 0 Å². The highest BCUT2D eigenvalue weighted by molar-refractivity contribution is 7.99. The molecule has 0 N–H and O–H groups in total. The Morgan fingerprint density at radius 2 is 2.33 bits per heavy atom. The molecule has 1 fully saturated rings. The number of fused-ring (bicyclic) bond motifs is 1. The summed E-state index contributed by atoms with van der Waals surface area (Å²) < 4.78 is 5.40. The van der Waals surface area contributed by atoms with E-state index in [1.54, 1.807) is 0 Å². The van der Waals surface area contributed by atoms with E-state index in [4.69, 9.17) is 21.3 Å². The maximum atomic E-state index is 6.26. The smallest absolute Gasteiger partial charge is 0.148 e. The van der Waals surface area contributed by atoms with Crippen molar-refractivity contribution in [2.24, 2.45) is 0 Å². The van der Waals surface area contributed by atoms with E-state index in [0.29, 0.717) is 11.8 Å². The minimum atomic E-state index is 0.286. The molecule has 0 amide bonds. The molecule has 1 saturated heterocycles. The standard InChI is InChI=1S/C12H16ClN3OS/c1-16-3-5-18-7-10(16)12-14-9-2-4-17-6-8(9)11(13)15-12/h10H,2-7H2,1H3. The molecule has 0 spiro atoms. The zero-order valence-corrected chi connectivity index (χ0v) is 11.9. The Hall–Kier alpha value is -0.360. The molecule has 2 aliphatic rings. The lowest BCUT2D eigenvalue weighted by Crippen LogP contribution is -2.34. The summed E-state index contributed by atoms with van der Waals surface area (Å²) >= 11 is 8.21. The van der Waals surface area contributed by atoms with Crippen LogP contribution in [0.1, 0.15) is 23.1 Å². The van der Waals surface area contributed by atoms with Gasteiger partial charge in [0, 0.05) is 30.0 Å². The predicted molar refractivity (Wildman–Crippen MR) is 73.1 cm³/mol. The van der Waals surface area contributed by atoms with Gasteiger partial charge in [0.1, 0.15) is 11.0 Å². The monoisotopic (exact) mass is 285 g/mol. The Labute approximate surface area is 116 Å². The number of ether oxygens (including phenoxy) is 1. The molecule has 0 saturated carbocycles. The van der Waals surface area contributed by atoms with E-state index in [0.717, 1.165) is 42.4 Å². The molecule has 1 atom stereocenters. The van der Waals surface area contributed by atoms with Crippen molar-refractivity contribution in [2.45, 2.75) is 19.1 Å². The van der Waals surface area contributed by atoms with E-state index in [2.05, 4.69) is 16.9 Å². The van der Waals surface area contributed by atoms with Gasteiger partial charge in [0.2, 0.25) is 0 Å². The van der Waals surface area contributed by atoms with Gasteiger partial charge in [0.15, 0.2) is 0 Å². The van der Waals surface area contributed by atoms with Crippen LogP contribution in [-0.2, 0) is 17.8 Å². The lowest BCUT2D eigenvalue weighted by molar-refractivity contribution is 0.108. The van der Waals surface area contributed by atoms with Crippen LogP contribution in [0.2, 0.25) is 5.15 Å². The Bertz CT molecular complexity index is 457. The van der Waals surface area contributed by atoms with Crippen LogP contribution in [0.25, 0.3) is 0 Å². The van der Waals surface area contributed by atoms with Gasteiger partial charge in [-0.1, -0.05) is 11.6 Å². The Kier molecular flexibility index (Phi) is 3.75. The highest BCUT2D eigenvalue weighted by Gasteiger charge is 2.26. The summed E-state index contributed by atoms with van der Waals surface area (Å²) in [6, 6.07) is 0.286. The Morgan fingerprint density at radius 1 is 1.44 bits per heavy atom. The van der Waals surface area contributed by atoms with Crippen LogP contribution < -0.4 is 0 Å². The van der Waals surface area contributed by atoms with Crippen molar-refractivity contribution in [3.8, 4) is 0 Å². The summed E-state index contributed by atoms with van der Waals surface area (Å²) in [6.07, 6.45) is 0.841. The molecule has 0 radical (unpaired) electrons. The maximum absolute atomic E-state index is 6.26. The van der Waals surface area contributed by atoms with Gasteiger partial charge in [0.25, 0.3) is 0 Å². The summed E-state index contributed by atoms with van der Waals surface area (Å²) in [4.78, 5) is 11.5. The van der Waals surface area contributed by atoms with Crippen LogP contribution in [0.4, 0.5) is 0 Å². The second-order valence-corrected chi connectivity index (χ2v) is 6.18. The second-order valence-electron chi connectivity index (χ2n) is 4.67. The molecule has 0 aromatic carbocycles. The van der Waals surface area contributed by atoms with E-state index in [1.807, 2.05) is 11.8 Å². The zero-order valence-electron chi connectivity index (χ0n) is 10.4. The fourth-order valence-corrected chi connectivity index (χ4v) is 3.78. The summed E-state index contributed by atoms with van der Waals surface area (Å²) in [7, 11) is 2.13. The number of rotatable bonds is 1. The van der Waals surface area contributed by atoms with Gasteiger partial charge >= 0.3 is 0 Å². The van der Waals surface area contributed by atoms with Gasteiger partial charge in [-0.3, -0.25) is 4.90 Å². The van der Waals surface area contributed by atoms with Gasteiger partial charge in [-0.05, 0) is 7.05 Å². The molecule has 0 bridgehead atoms. The summed E-state index contributed by atoms with van der Waals surface area (Å²) in [5.41, 5.74) is 2.04. The molecule has 0 aliphatic carbocycles. The van der Waals surface area contributed by atoms with Crippen LogP contribution in [0.15, 0.2) is 0 Å². The van der Waals surface area contributed by atoms with E-state index in [9.17, 15) is 0 Å². The predicted octanol–water partition coefficient (Wildman–Crippen LogP) is 1.92. The number of halogens is 1.